The molecule has 0 atom stereocenters. The Morgan fingerprint density at radius 3 is 2.52 bits per heavy atom. The van der Waals surface area contributed by atoms with Gasteiger partial charge in [0.25, 0.3) is 5.56 Å². The maximum Gasteiger partial charge on any atom is 0.297 e. The van der Waals surface area contributed by atoms with E-state index in [2.05, 4.69) is 15.3 Å². The van der Waals surface area contributed by atoms with Crippen molar-refractivity contribution in [2.24, 2.45) is 5.10 Å². The van der Waals surface area contributed by atoms with Crippen molar-refractivity contribution in [3.8, 4) is 11.5 Å². The third-order valence-electron chi connectivity index (χ3n) is 4.59. The van der Waals surface area contributed by atoms with Gasteiger partial charge >= 0.3 is 0 Å². The predicted molar refractivity (Wildman–Crippen MR) is 124 cm³/mol. The maximum atomic E-state index is 12.7. The number of nitrogens with one attached hydrogen (secondary N) is 1. The molecule has 0 spiro atoms. The molecular weight excluding hydrogens is 412 g/mol. The van der Waals surface area contributed by atoms with Gasteiger partial charge in [0.2, 0.25) is 4.77 Å². The first-order valence-electron chi connectivity index (χ1n) is 9.82. The Morgan fingerprint density at radius 1 is 1.16 bits per heavy atom. The van der Waals surface area contributed by atoms with Crippen LogP contribution in [0.2, 0.25) is 0 Å². The van der Waals surface area contributed by atoms with Crippen LogP contribution in [-0.4, -0.2) is 28.2 Å². The summed E-state index contributed by atoms with van der Waals surface area (Å²) in [6.45, 7) is 8.19. The number of aryl methyl sites for hydroxylation is 1. The first-order valence-corrected chi connectivity index (χ1v) is 10.2. The fourth-order valence-corrected chi connectivity index (χ4v) is 3.01. The number of aromatic amines is 1. The summed E-state index contributed by atoms with van der Waals surface area (Å²) in [5, 5.41) is 11.0. The number of methoxy groups -OCH3 is 1. The van der Waals surface area contributed by atoms with Gasteiger partial charge in [0.15, 0.2) is 11.5 Å². The average molecular weight is 439 g/mol. The van der Waals surface area contributed by atoms with E-state index >= 15 is 0 Å². The summed E-state index contributed by atoms with van der Waals surface area (Å²) >= 11 is 5.18. The van der Waals surface area contributed by atoms with Crippen LogP contribution in [0.1, 0.15) is 43.2 Å². The number of hydrogen-bond acceptors (Lipinski definition) is 6. The highest BCUT2D eigenvalue weighted by Gasteiger charge is 2.21. The highest BCUT2D eigenvalue weighted by atomic mass is 32.1. The number of benzene rings is 2. The zero-order chi connectivity index (χ0) is 22.6. The van der Waals surface area contributed by atoms with E-state index in [9.17, 15) is 4.79 Å². The van der Waals surface area contributed by atoms with E-state index in [0.29, 0.717) is 23.8 Å². The van der Waals surface area contributed by atoms with E-state index in [0.717, 1.165) is 15.8 Å². The fraction of sp³-hybridized carbons (Fsp3) is 0.304. The SMILES string of the molecule is COc1cc(/C=N\n2c(=S)[nH]nc(C(C)(C)C)c2=O)ccc1OCc1ccc(C)cc1. The molecule has 3 rings (SSSR count). The molecule has 1 heterocycles. The molecule has 2 aromatic carbocycles. The van der Waals surface area contributed by atoms with Crippen LogP contribution in [0.3, 0.4) is 0 Å². The van der Waals surface area contributed by atoms with Crippen LogP contribution < -0.4 is 15.0 Å². The smallest absolute Gasteiger partial charge is 0.297 e. The lowest BCUT2D eigenvalue weighted by Crippen LogP contribution is -2.32. The van der Waals surface area contributed by atoms with Crippen molar-refractivity contribution in [1.29, 1.82) is 0 Å². The molecule has 162 valence electrons. The molecule has 0 saturated carbocycles. The molecule has 7 nitrogen and oxygen atoms in total. The number of hydrogen-bond donors (Lipinski definition) is 1. The van der Waals surface area contributed by atoms with Gasteiger partial charge in [0, 0.05) is 5.41 Å². The Kier molecular flexibility index (Phi) is 6.70. The Labute approximate surface area is 186 Å². The molecule has 1 aromatic heterocycles. The monoisotopic (exact) mass is 438 g/mol. The summed E-state index contributed by atoms with van der Waals surface area (Å²) < 4.78 is 12.6. The molecule has 0 aliphatic rings. The molecule has 0 amide bonds. The molecule has 0 aliphatic carbocycles. The number of nitrogens with zero attached hydrogens (tertiary/aromatic N) is 3. The first-order chi connectivity index (χ1) is 14.7. The quantitative estimate of drug-likeness (QED) is 0.456. The molecule has 0 saturated heterocycles. The largest absolute Gasteiger partial charge is 0.493 e. The second kappa shape index (κ2) is 9.26. The summed E-state index contributed by atoms with van der Waals surface area (Å²) in [7, 11) is 1.58. The van der Waals surface area contributed by atoms with Crippen molar-refractivity contribution in [3.63, 3.8) is 0 Å². The van der Waals surface area contributed by atoms with Crippen molar-refractivity contribution in [3.05, 3.63) is 80.0 Å². The summed E-state index contributed by atoms with van der Waals surface area (Å²) in [6.07, 6.45) is 1.55. The Morgan fingerprint density at radius 2 is 1.87 bits per heavy atom. The standard InChI is InChI=1S/C23H26N4O3S/c1-15-6-8-16(9-7-15)14-30-18-11-10-17(12-19(18)29-5)13-24-27-21(28)20(23(2,3)4)25-26-22(27)31/h6-13H,14H2,1-5H3,(H,26,31)/b24-13-. The molecule has 31 heavy (non-hydrogen) atoms. The van der Waals surface area contributed by atoms with E-state index in [-0.39, 0.29) is 10.3 Å². The lowest BCUT2D eigenvalue weighted by molar-refractivity contribution is 0.284. The summed E-state index contributed by atoms with van der Waals surface area (Å²) in [4.78, 5) is 12.7. The minimum Gasteiger partial charge on any atom is -0.493 e. The van der Waals surface area contributed by atoms with Crippen LogP contribution in [0.15, 0.2) is 52.4 Å². The molecule has 0 unspecified atom stereocenters. The molecule has 3 aromatic rings. The van der Waals surface area contributed by atoms with E-state index in [4.69, 9.17) is 21.7 Å². The molecule has 0 aliphatic heterocycles. The van der Waals surface area contributed by atoms with E-state index < -0.39 is 5.41 Å². The van der Waals surface area contributed by atoms with Gasteiger partial charge in [-0.05, 0) is 48.5 Å². The van der Waals surface area contributed by atoms with E-state index in [1.54, 1.807) is 19.4 Å². The number of aromatic nitrogens is 3. The van der Waals surface area contributed by atoms with Crippen molar-refractivity contribution in [2.75, 3.05) is 7.11 Å². The molecule has 0 bridgehead atoms. The van der Waals surface area contributed by atoms with Crippen molar-refractivity contribution >= 4 is 18.4 Å². The van der Waals surface area contributed by atoms with Crippen LogP contribution in [0.5, 0.6) is 11.5 Å². The van der Waals surface area contributed by atoms with Crippen LogP contribution >= 0.6 is 12.2 Å². The van der Waals surface area contributed by atoms with Gasteiger partial charge in [-0.25, -0.2) is 0 Å². The highest BCUT2D eigenvalue weighted by molar-refractivity contribution is 7.71. The molecule has 8 heteroatoms. The summed E-state index contributed by atoms with van der Waals surface area (Å²) in [5.41, 5.74) is 2.57. The van der Waals surface area contributed by atoms with Gasteiger partial charge in [0.1, 0.15) is 12.3 Å². The topological polar surface area (TPSA) is 81.5 Å². The van der Waals surface area contributed by atoms with Gasteiger partial charge < -0.3 is 9.47 Å². The Balaban J connectivity index is 1.83. The van der Waals surface area contributed by atoms with Crippen molar-refractivity contribution in [2.45, 2.75) is 39.7 Å². The van der Waals surface area contributed by atoms with E-state index in [1.807, 2.05) is 64.1 Å². The van der Waals surface area contributed by atoms with Crippen LogP contribution in [0.4, 0.5) is 0 Å². The number of ether oxygens (including phenoxy) is 2. The Bertz CT molecular complexity index is 1210. The molecule has 0 fully saturated rings. The lowest BCUT2D eigenvalue weighted by atomic mass is 9.93. The van der Waals surface area contributed by atoms with E-state index in [1.165, 1.54) is 5.56 Å². The average Bonchev–Trinajstić information content (AvgIpc) is 2.72. The third-order valence-corrected chi connectivity index (χ3v) is 4.85. The van der Waals surface area contributed by atoms with Gasteiger partial charge in [-0.2, -0.15) is 14.9 Å². The fourth-order valence-electron chi connectivity index (χ4n) is 2.84. The van der Waals surface area contributed by atoms with Crippen molar-refractivity contribution in [1.82, 2.24) is 14.9 Å². The van der Waals surface area contributed by atoms with Gasteiger partial charge in [0.05, 0.1) is 13.3 Å². The molecular formula is C23H26N4O3S. The van der Waals surface area contributed by atoms with Crippen LogP contribution in [0, 0.1) is 11.7 Å². The maximum absolute atomic E-state index is 12.7. The second-order valence-electron chi connectivity index (χ2n) is 8.17. The minimum absolute atomic E-state index is 0.124. The zero-order valence-electron chi connectivity index (χ0n) is 18.3. The van der Waals surface area contributed by atoms with Crippen LogP contribution in [-0.2, 0) is 12.0 Å². The number of rotatable bonds is 6. The Hall–Kier alpha value is -3.26. The van der Waals surface area contributed by atoms with Gasteiger partial charge in [-0.15, -0.1) is 0 Å². The van der Waals surface area contributed by atoms with Gasteiger partial charge in [-0.3, -0.25) is 9.89 Å². The summed E-state index contributed by atoms with van der Waals surface area (Å²) in [5.74, 6) is 1.19. The zero-order valence-corrected chi connectivity index (χ0v) is 19.1. The van der Waals surface area contributed by atoms with Crippen molar-refractivity contribution < 1.29 is 9.47 Å². The third kappa shape index (κ3) is 5.46. The summed E-state index contributed by atoms with van der Waals surface area (Å²) in [6, 6.07) is 13.6. The van der Waals surface area contributed by atoms with Crippen LogP contribution in [0.25, 0.3) is 0 Å². The first kappa shape index (κ1) is 22.4. The minimum atomic E-state index is -0.437. The predicted octanol–water partition coefficient (Wildman–Crippen LogP) is 4.38. The van der Waals surface area contributed by atoms with Gasteiger partial charge in [-0.1, -0.05) is 50.6 Å². The molecule has 0 radical (unpaired) electrons. The number of H-pyrrole nitrogens is 1. The second-order valence-corrected chi connectivity index (χ2v) is 8.56. The normalized spacial score (nSPS) is 11.6. The lowest BCUT2D eigenvalue weighted by Gasteiger charge is -2.16. The molecule has 1 N–H and O–H groups in total. The highest BCUT2D eigenvalue weighted by Crippen LogP contribution is 2.28.